The quantitative estimate of drug-likeness (QED) is 0.657. The van der Waals surface area contributed by atoms with E-state index in [1.54, 1.807) is 10.9 Å². The molecule has 78 valence electrons. The van der Waals surface area contributed by atoms with E-state index in [-0.39, 0.29) is 5.56 Å². The van der Waals surface area contributed by atoms with Gasteiger partial charge in [-0.3, -0.25) is 4.79 Å². The number of H-pyrrole nitrogens is 1. The first-order valence-electron chi connectivity index (χ1n) is 4.83. The van der Waals surface area contributed by atoms with E-state index < -0.39 is 0 Å². The monoisotopic (exact) mass is 212 g/mol. The van der Waals surface area contributed by atoms with Crippen LogP contribution in [-0.4, -0.2) is 19.7 Å². The van der Waals surface area contributed by atoms with Gasteiger partial charge in [-0.15, -0.1) is 0 Å². The third kappa shape index (κ3) is 1.22. The summed E-state index contributed by atoms with van der Waals surface area (Å²) in [6.07, 6.45) is 2.96. The lowest BCUT2D eigenvalue weighted by atomic mass is 10.3. The second-order valence-electron chi connectivity index (χ2n) is 3.36. The SMILES string of the molecule is O=c1[nH]cnc2cnn(-c3ccccc3)c12. The average molecular weight is 212 g/mol. The highest BCUT2D eigenvalue weighted by Crippen LogP contribution is 2.11. The van der Waals surface area contributed by atoms with Crippen molar-refractivity contribution in [2.24, 2.45) is 0 Å². The Morgan fingerprint density at radius 3 is 2.81 bits per heavy atom. The van der Waals surface area contributed by atoms with Crippen LogP contribution >= 0.6 is 0 Å². The van der Waals surface area contributed by atoms with Crippen molar-refractivity contribution in [2.75, 3.05) is 0 Å². The zero-order chi connectivity index (χ0) is 11.0. The van der Waals surface area contributed by atoms with Gasteiger partial charge in [0.15, 0.2) is 5.52 Å². The van der Waals surface area contributed by atoms with Gasteiger partial charge in [0.05, 0.1) is 18.2 Å². The Hall–Kier alpha value is -2.43. The molecule has 0 bridgehead atoms. The van der Waals surface area contributed by atoms with Gasteiger partial charge in [0, 0.05) is 0 Å². The molecule has 0 aliphatic carbocycles. The summed E-state index contributed by atoms with van der Waals surface area (Å²) in [6, 6.07) is 9.48. The van der Waals surface area contributed by atoms with E-state index >= 15 is 0 Å². The zero-order valence-corrected chi connectivity index (χ0v) is 8.29. The fraction of sp³-hybridized carbons (Fsp3) is 0. The molecule has 0 unspecified atom stereocenters. The molecule has 5 heteroatoms. The molecule has 0 spiro atoms. The minimum absolute atomic E-state index is 0.189. The maximum absolute atomic E-state index is 11.7. The molecule has 1 aromatic carbocycles. The van der Waals surface area contributed by atoms with E-state index in [2.05, 4.69) is 15.1 Å². The van der Waals surface area contributed by atoms with E-state index in [1.165, 1.54) is 6.33 Å². The molecule has 16 heavy (non-hydrogen) atoms. The van der Waals surface area contributed by atoms with Crippen LogP contribution in [0.4, 0.5) is 0 Å². The van der Waals surface area contributed by atoms with Crippen LogP contribution in [0.5, 0.6) is 0 Å². The summed E-state index contributed by atoms with van der Waals surface area (Å²) in [6.45, 7) is 0. The van der Waals surface area contributed by atoms with Crippen molar-refractivity contribution >= 4 is 11.0 Å². The molecule has 2 aromatic heterocycles. The van der Waals surface area contributed by atoms with Gasteiger partial charge in [0.25, 0.3) is 5.56 Å². The minimum atomic E-state index is -0.189. The lowest BCUT2D eigenvalue weighted by molar-refractivity contribution is 0.903. The fourth-order valence-corrected chi connectivity index (χ4v) is 1.64. The molecule has 3 aromatic rings. The maximum atomic E-state index is 11.7. The van der Waals surface area contributed by atoms with Crippen LogP contribution in [0.2, 0.25) is 0 Å². The van der Waals surface area contributed by atoms with Gasteiger partial charge >= 0.3 is 0 Å². The molecule has 3 rings (SSSR count). The number of para-hydroxylation sites is 1. The Labute approximate surface area is 90.4 Å². The fourth-order valence-electron chi connectivity index (χ4n) is 1.64. The second-order valence-corrected chi connectivity index (χ2v) is 3.36. The van der Waals surface area contributed by atoms with E-state index in [0.717, 1.165) is 5.69 Å². The lowest BCUT2D eigenvalue weighted by Gasteiger charge is -2.00. The summed E-state index contributed by atoms with van der Waals surface area (Å²) in [5.41, 5.74) is 1.71. The Bertz CT molecular complexity index is 684. The number of aromatic amines is 1. The summed E-state index contributed by atoms with van der Waals surface area (Å²) in [5.74, 6) is 0. The number of rotatable bonds is 1. The normalized spacial score (nSPS) is 10.8. The largest absolute Gasteiger partial charge is 0.311 e. The third-order valence-corrected chi connectivity index (χ3v) is 2.37. The molecule has 1 N–H and O–H groups in total. The van der Waals surface area contributed by atoms with Crippen LogP contribution in [0.1, 0.15) is 0 Å². The van der Waals surface area contributed by atoms with Gasteiger partial charge in [-0.2, -0.15) is 5.10 Å². The van der Waals surface area contributed by atoms with Gasteiger partial charge in [-0.25, -0.2) is 9.67 Å². The highest BCUT2D eigenvalue weighted by molar-refractivity contribution is 5.74. The minimum Gasteiger partial charge on any atom is -0.311 e. The molecule has 2 heterocycles. The highest BCUT2D eigenvalue weighted by Gasteiger charge is 2.08. The lowest BCUT2D eigenvalue weighted by Crippen LogP contribution is -2.10. The zero-order valence-electron chi connectivity index (χ0n) is 8.29. The van der Waals surface area contributed by atoms with Crippen LogP contribution in [-0.2, 0) is 0 Å². The predicted molar refractivity (Wildman–Crippen MR) is 59.5 cm³/mol. The molecular weight excluding hydrogens is 204 g/mol. The van der Waals surface area contributed by atoms with E-state index in [0.29, 0.717) is 11.0 Å². The smallest absolute Gasteiger partial charge is 0.277 e. The molecule has 0 fully saturated rings. The first-order chi connectivity index (χ1) is 7.86. The number of benzene rings is 1. The topological polar surface area (TPSA) is 63.6 Å². The number of nitrogens with one attached hydrogen (secondary N) is 1. The van der Waals surface area contributed by atoms with Crippen LogP contribution in [0.15, 0.2) is 47.7 Å². The third-order valence-electron chi connectivity index (χ3n) is 2.37. The first-order valence-corrected chi connectivity index (χ1v) is 4.83. The molecule has 0 radical (unpaired) electrons. The molecule has 0 aliphatic heterocycles. The summed E-state index contributed by atoms with van der Waals surface area (Å²) >= 11 is 0. The Kier molecular flexibility index (Phi) is 1.83. The first kappa shape index (κ1) is 8.84. The number of hydrogen-bond acceptors (Lipinski definition) is 3. The predicted octanol–water partition coefficient (Wildman–Crippen LogP) is 1.11. The number of nitrogens with zero attached hydrogens (tertiary/aromatic N) is 3. The van der Waals surface area contributed by atoms with Crippen molar-refractivity contribution in [2.45, 2.75) is 0 Å². The van der Waals surface area contributed by atoms with E-state index in [4.69, 9.17) is 0 Å². The summed E-state index contributed by atoms with van der Waals surface area (Å²) in [5, 5.41) is 4.16. The molecule has 0 aliphatic rings. The van der Waals surface area contributed by atoms with E-state index in [1.807, 2.05) is 30.3 Å². The molecular formula is C11H8N4O. The van der Waals surface area contributed by atoms with Gasteiger partial charge < -0.3 is 4.98 Å². The Balaban J connectivity index is 2.38. The van der Waals surface area contributed by atoms with Crippen LogP contribution in [0.3, 0.4) is 0 Å². The van der Waals surface area contributed by atoms with Crippen molar-refractivity contribution in [1.82, 2.24) is 19.7 Å². The van der Waals surface area contributed by atoms with Crippen LogP contribution < -0.4 is 5.56 Å². The molecule has 5 nitrogen and oxygen atoms in total. The molecule has 0 atom stereocenters. The van der Waals surface area contributed by atoms with Crippen molar-refractivity contribution < 1.29 is 0 Å². The Morgan fingerprint density at radius 1 is 1.19 bits per heavy atom. The van der Waals surface area contributed by atoms with Crippen LogP contribution in [0, 0.1) is 0 Å². The molecule has 0 saturated carbocycles. The van der Waals surface area contributed by atoms with Crippen molar-refractivity contribution in [3.8, 4) is 5.69 Å². The van der Waals surface area contributed by atoms with Crippen molar-refractivity contribution in [1.29, 1.82) is 0 Å². The summed E-state index contributed by atoms with van der Waals surface area (Å²) in [7, 11) is 0. The number of aromatic nitrogens is 4. The number of hydrogen-bond donors (Lipinski definition) is 1. The van der Waals surface area contributed by atoms with E-state index in [9.17, 15) is 4.79 Å². The summed E-state index contributed by atoms with van der Waals surface area (Å²) in [4.78, 5) is 18.3. The average Bonchev–Trinajstić information content (AvgIpc) is 2.75. The molecule has 0 amide bonds. The van der Waals surface area contributed by atoms with Gasteiger partial charge in [-0.05, 0) is 12.1 Å². The molecule has 0 saturated heterocycles. The second kappa shape index (κ2) is 3.30. The maximum Gasteiger partial charge on any atom is 0.277 e. The van der Waals surface area contributed by atoms with Crippen molar-refractivity contribution in [3.63, 3.8) is 0 Å². The van der Waals surface area contributed by atoms with Crippen LogP contribution in [0.25, 0.3) is 16.7 Å². The Morgan fingerprint density at radius 2 is 2.00 bits per heavy atom. The van der Waals surface area contributed by atoms with Crippen molar-refractivity contribution in [3.05, 3.63) is 53.2 Å². The summed E-state index contributed by atoms with van der Waals surface area (Å²) < 4.78 is 1.58. The van der Waals surface area contributed by atoms with Gasteiger partial charge in [0.2, 0.25) is 0 Å². The standard InChI is InChI=1S/C11H8N4O/c16-11-10-9(12-7-13-11)6-14-15(10)8-4-2-1-3-5-8/h1-7H,(H,12,13,16). The highest BCUT2D eigenvalue weighted by atomic mass is 16.1. The number of fused-ring (bicyclic) bond motifs is 1. The van der Waals surface area contributed by atoms with Gasteiger partial charge in [-0.1, -0.05) is 18.2 Å². The van der Waals surface area contributed by atoms with Gasteiger partial charge in [0.1, 0.15) is 5.52 Å².